The third-order valence-corrected chi connectivity index (χ3v) is 5.98. The number of hydrogen-bond donors (Lipinski definition) is 1. The molecule has 156 valence electrons. The fraction of sp³-hybridized carbons (Fsp3) is 0.320. The van der Waals surface area contributed by atoms with Crippen LogP contribution in [0.15, 0.2) is 54.6 Å². The number of hydrogen-bond acceptors (Lipinski definition) is 4. The van der Waals surface area contributed by atoms with Gasteiger partial charge >= 0.3 is 0 Å². The molecule has 1 amide bonds. The van der Waals surface area contributed by atoms with E-state index >= 15 is 0 Å². The minimum atomic E-state index is -0.182. The van der Waals surface area contributed by atoms with E-state index in [1.807, 2.05) is 54.6 Å². The Morgan fingerprint density at radius 3 is 2.33 bits per heavy atom. The van der Waals surface area contributed by atoms with Crippen LogP contribution in [0.25, 0.3) is 11.3 Å². The second-order valence-electron chi connectivity index (χ2n) is 7.65. The molecule has 1 heterocycles. The van der Waals surface area contributed by atoms with E-state index in [-0.39, 0.29) is 24.5 Å². The van der Waals surface area contributed by atoms with Crippen LogP contribution in [0.3, 0.4) is 0 Å². The molecule has 1 aromatic heterocycles. The van der Waals surface area contributed by atoms with Crippen molar-refractivity contribution in [1.82, 2.24) is 4.98 Å². The first kappa shape index (κ1) is 21.9. The first-order chi connectivity index (χ1) is 14.5. The Morgan fingerprint density at radius 1 is 1.00 bits per heavy atom. The molecule has 0 aliphatic rings. The summed E-state index contributed by atoms with van der Waals surface area (Å²) in [6.45, 7) is 6.37. The number of carbonyl (C=O) groups excluding carboxylic acids is 2. The lowest BCUT2D eigenvalue weighted by molar-refractivity contribution is -0.116. The zero-order valence-corrected chi connectivity index (χ0v) is 18.6. The van der Waals surface area contributed by atoms with Crippen molar-refractivity contribution >= 4 is 28.2 Å². The van der Waals surface area contributed by atoms with Crippen molar-refractivity contribution in [3.05, 3.63) is 70.6 Å². The van der Waals surface area contributed by atoms with Gasteiger partial charge in [0.1, 0.15) is 0 Å². The number of ketones is 1. The maximum Gasteiger partial charge on any atom is 0.226 e. The van der Waals surface area contributed by atoms with Crippen molar-refractivity contribution in [2.45, 2.75) is 52.4 Å². The van der Waals surface area contributed by atoms with Crippen LogP contribution in [0.2, 0.25) is 0 Å². The number of Topliss-reactive ketones (excluding diaryl/α,β-unsaturated/α-hetero) is 1. The van der Waals surface area contributed by atoms with E-state index in [4.69, 9.17) is 0 Å². The van der Waals surface area contributed by atoms with Crippen LogP contribution < -0.4 is 5.32 Å². The van der Waals surface area contributed by atoms with E-state index < -0.39 is 0 Å². The van der Waals surface area contributed by atoms with Gasteiger partial charge in [0.2, 0.25) is 5.91 Å². The molecule has 0 aliphatic heterocycles. The lowest BCUT2D eigenvalue weighted by Crippen LogP contribution is -2.13. The molecule has 4 nitrogen and oxygen atoms in total. The molecule has 5 heteroatoms. The van der Waals surface area contributed by atoms with E-state index in [2.05, 4.69) is 31.1 Å². The van der Waals surface area contributed by atoms with Crippen molar-refractivity contribution in [3.63, 3.8) is 0 Å². The predicted molar refractivity (Wildman–Crippen MR) is 124 cm³/mol. The topological polar surface area (TPSA) is 59.1 Å². The Kier molecular flexibility index (Phi) is 7.52. The summed E-state index contributed by atoms with van der Waals surface area (Å²) in [4.78, 5) is 30.6. The van der Waals surface area contributed by atoms with E-state index in [1.165, 1.54) is 21.8 Å². The SMILES string of the molecule is CCCc1sc(NC(=O)CCC(=O)c2ccc(C(C)C)cc2)nc1-c1ccccc1. The molecule has 2 aromatic carbocycles. The van der Waals surface area contributed by atoms with Crippen LogP contribution in [0.4, 0.5) is 5.13 Å². The molecule has 0 spiro atoms. The fourth-order valence-corrected chi connectivity index (χ4v) is 4.33. The highest BCUT2D eigenvalue weighted by Crippen LogP contribution is 2.32. The van der Waals surface area contributed by atoms with Crippen LogP contribution in [0.1, 0.15) is 66.8 Å². The second-order valence-corrected chi connectivity index (χ2v) is 8.74. The zero-order chi connectivity index (χ0) is 21.5. The van der Waals surface area contributed by atoms with Gasteiger partial charge in [-0.25, -0.2) is 4.98 Å². The highest BCUT2D eigenvalue weighted by Gasteiger charge is 2.15. The summed E-state index contributed by atoms with van der Waals surface area (Å²) in [6, 6.07) is 17.7. The summed E-state index contributed by atoms with van der Waals surface area (Å²) in [6.07, 6.45) is 2.27. The monoisotopic (exact) mass is 420 g/mol. The number of nitrogens with zero attached hydrogens (tertiary/aromatic N) is 1. The smallest absolute Gasteiger partial charge is 0.226 e. The predicted octanol–water partition coefficient (Wildman–Crippen LogP) is 6.49. The van der Waals surface area contributed by atoms with Crippen LogP contribution in [0, 0.1) is 0 Å². The van der Waals surface area contributed by atoms with Gasteiger partial charge in [-0.2, -0.15) is 0 Å². The average molecular weight is 421 g/mol. The first-order valence-electron chi connectivity index (χ1n) is 10.5. The normalized spacial score (nSPS) is 10.9. The summed E-state index contributed by atoms with van der Waals surface area (Å²) in [5.74, 6) is 0.228. The second kappa shape index (κ2) is 10.3. The van der Waals surface area contributed by atoms with Gasteiger partial charge in [0, 0.05) is 28.8 Å². The zero-order valence-electron chi connectivity index (χ0n) is 17.8. The summed E-state index contributed by atoms with van der Waals surface area (Å²) < 4.78 is 0. The van der Waals surface area contributed by atoms with E-state index in [0.717, 1.165) is 24.1 Å². The van der Waals surface area contributed by atoms with Crippen molar-refractivity contribution < 1.29 is 9.59 Å². The number of rotatable bonds is 9. The lowest BCUT2D eigenvalue weighted by Gasteiger charge is -2.06. The maximum atomic E-state index is 12.4. The molecule has 0 fully saturated rings. The van der Waals surface area contributed by atoms with Gasteiger partial charge < -0.3 is 5.32 Å². The summed E-state index contributed by atoms with van der Waals surface area (Å²) in [7, 11) is 0. The van der Waals surface area contributed by atoms with Gasteiger partial charge in [-0.15, -0.1) is 11.3 Å². The molecule has 0 aliphatic carbocycles. The standard InChI is InChI=1S/C25H28N2O2S/c1-4-8-22-24(20-9-6-5-7-10-20)27-25(30-22)26-23(29)16-15-21(28)19-13-11-18(12-14-19)17(2)3/h5-7,9-14,17H,4,8,15-16H2,1-3H3,(H,26,27,29). The Bertz CT molecular complexity index is 992. The van der Waals surface area contributed by atoms with Crippen LogP contribution in [-0.2, 0) is 11.2 Å². The minimum Gasteiger partial charge on any atom is -0.302 e. The molecule has 0 bridgehead atoms. The summed E-state index contributed by atoms with van der Waals surface area (Å²) >= 11 is 1.51. The average Bonchev–Trinajstić information content (AvgIpc) is 3.15. The molecular weight excluding hydrogens is 392 g/mol. The van der Waals surface area contributed by atoms with Crippen LogP contribution in [0.5, 0.6) is 0 Å². The van der Waals surface area contributed by atoms with Gasteiger partial charge in [0.15, 0.2) is 10.9 Å². The number of nitrogens with one attached hydrogen (secondary N) is 1. The number of benzene rings is 2. The molecule has 0 atom stereocenters. The Labute approximate surface area is 182 Å². The van der Waals surface area contributed by atoms with Gasteiger partial charge in [0.25, 0.3) is 0 Å². The van der Waals surface area contributed by atoms with Gasteiger partial charge in [-0.05, 0) is 17.9 Å². The summed E-state index contributed by atoms with van der Waals surface area (Å²) in [5.41, 5.74) is 3.83. The highest BCUT2D eigenvalue weighted by atomic mass is 32.1. The number of aromatic nitrogens is 1. The molecule has 30 heavy (non-hydrogen) atoms. The summed E-state index contributed by atoms with van der Waals surface area (Å²) in [5, 5.41) is 3.47. The highest BCUT2D eigenvalue weighted by molar-refractivity contribution is 7.16. The van der Waals surface area contributed by atoms with Crippen molar-refractivity contribution in [2.24, 2.45) is 0 Å². The van der Waals surface area contributed by atoms with Gasteiger partial charge in [0.05, 0.1) is 5.69 Å². The number of thiazole rings is 1. The Balaban J connectivity index is 1.61. The maximum absolute atomic E-state index is 12.4. The van der Waals surface area contributed by atoms with E-state index in [0.29, 0.717) is 16.6 Å². The number of aryl methyl sites for hydroxylation is 1. The molecule has 0 unspecified atom stereocenters. The van der Waals surface area contributed by atoms with Crippen LogP contribution in [-0.4, -0.2) is 16.7 Å². The van der Waals surface area contributed by atoms with E-state index in [1.54, 1.807) is 0 Å². The Hall–Kier alpha value is -2.79. The third kappa shape index (κ3) is 5.63. The van der Waals surface area contributed by atoms with Crippen molar-refractivity contribution in [3.8, 4) is 11.3 Å². The molecule has 0 saturated heterocycles. The molecule has 3 rings (SSSR count). The molecule has 1 N–H and O–H groups in total. The molecule has 0 saturated carbocycles. The van der Waals surface area contributed by atoms with Gasteiger partial charge in [-0.3, -0.25) is 9.59 Å². The number of anilines is 1. The largest absolute Gasteiger partial charge is 0.302 e. The van der Waals surface area contributed by atoms with E-state index in [9.17, 15) is 9.59 Å². The fourth-order valence-electron chi connectivity index (χ4n) is 3.23. The van der Waals surface area contributed by atoms with Crippen molar-refractivity contribution in [2.75, 3.05) is 5.32 Å². The Morgan fingerprint density at radius 2 is 1.70 bits per heavy atom. The van der Waals surface area contributed by atoms with Crippen molar-refractivity contribution in [1.29, 1.82) is 0 Å². The van der Waals surface area contributed by atoms with Crippen LogP contribution >= 0.6 is 11.3 Å². The number of carbonyl (C=O) groups is 2. The molecule has 3 aromatic rings. The first-order valence-corrected chi connectivity index (χ1v) is 11.3. The molecule has 0 radical (unpaired) electrons. The molecular formula is C25H28N2O2S. The minimum absolute atomic E-state index is 0.0174. The van der Waals surface area contributed by atoms with Gasteiger partial charge in [-0.1, -0.05) is 81.8 Å². The quantitative estimate of drug-likeness (QED) is 0.403. The number of amides is 1. The lowest BCUT2D eigenvalue weighted by atomic mass is 9.99. The third-order valence-electron chi connectivity index (χ3n) is 4.95.